The molecule has 4 aromatic rings. The van der Waals surface area contributed by atoms with E-state index in [1.54, 1.807) is 6.20 Å². The quantitative estimate of drug-likeness (QED) is 0.483. The second-order valence-corrected chi connectivity index (χ2v) is 6.97. The number of aryl methyl sites for hydroxylation is 2. The molecule has 10 heteroatoms. The second kappa shape index (κ2) is 6.68. The molecule has 0 bridgehead atoms. The highest BCUT2D eigenvalue weighted by Crippen LogP contribution is 2.33. The highest BCUT2D eigenvalue weighted by Gasteiger charge is 2.20. The molecule has 0 aliphatic heterocycles. The Kier molecular flexibility index (Phi) is 4.31. The molecule has 0 fully saturated rings. The zero-order valence-electron chi connectivity index (χ0n) is 15.7. The third-order valence-electron chi connectivity index (χ3n) is 4.65. The van der Waals surface area contributed by atoms with Crippen LogP contribution in [0.15, 0.2) is 30.6 Å². The van der Waals surface area contributed by atoms with Gasteiger partial charge in [0.15, 0.2) is 5.82 Å². The van der Waals surface area contributed by atoms with E-state index in [0.717, 1.165) is 28.0 Å². The second-order valence-electron chi connectivity index (χ2n) is 6.59. The molecule has 5 N–H and O–H groups in total. The van der Waals surface area contributed by atoms with Gasteiger partial charge in [0, 0.05) is 32.1 Å². The lowest BCUT2D eigenvalue weighted by Crippen LogP contribution is -2.14. The number of pyridine rings is 1. The van der Waals surface area contributed by atoms with Crippen molar-refractivity contribution < 1.29 is 0 Å². The maximum atomic E-state index is 6.25. The lowest BCUT2D eigenvalue weighted by atomic mass is 10.0. The first kappa shape index (κ1) is 18.1. The Labute approximate surface area is 166 Å². The Morgan fingerprint density at radius 2 is 1.93 bits per heavy atom. The summed E-state index contributed by atoms with van der Waals surface area (Å²) in [5.41, 5.74) is 16.2. The number of aromatic nitrogens is 6. The Morgan fingerprint density at radius 1 is 1.14 bits per heavy atom. The van der Waals surface area contributed by atoms with Gasteiger partial charge in [-0.1, -0.05) is 11.6 Å². The zero-order chi connectivity index (χ0) is 20.0. The molecule has 0 saturated heterocycles. The van der Waals surface area contributed by atoms with Crippen LogP contribution in [0.4, 0.5) is 17.6 Å². The predicted octanol–water partition coefficient (Wildman–Crippen LogP) is 2.75. The van der Waals surface area contributed by atoms with Gasteiger partial charge in [-0.3, -0.25) is 4.68 Å². The van der Waals surface area contributed by atoms with Crippen molar-refractivity contribution in [2.75, 3.05) is 16.8 Å². The van der Waals surface area contributed by atoms with E-state index in [1.807, 2.05) is 48.6 Å². The molecule has 28 heavy (non-hydrogen) atoms. The zero-order valence-corrected chi connectivity index (χ0v) is 16.4. The van der Waals surface area contributed by atoms with Crippen LogP contribution in [-0.2, 0) is 14.1 Å². The lowest BCUT2D eigenvalue weighted by molar-refractivity contribution is 0.769. The SMILES string of the molecule is CC(Nc1nc(N)nc(N)c1Cl)c1nc2ccn(C)c2cc1-c1ccnn1C. The van der Waals surface area contributed by atoms with Crippen molar-refractivity contribution in [3.8, 4) is 11.3 Å². The average Bonchev–Trinajstić information content (AvgIpc) is 3.23. The molecule has 4 heterocycles. The van der Waals surface area contributed by atoms with Crippen LogP contribution in [0.2, 0.25) is 5.02 Å². The monoisotopic (exact) mass is 397 g/mol. The van der Waals surface area contributed by atoms with Gasteiger partial charge < -0.3 is 21.4 Å². The van der Waals surface area contributed by atoms with Crippen LogP contribution in [0.5, 0.6) is 0 Å². The summed E-state index contributed by atoms with van der Waals surface area (Å²) in [5.74, 6) is 0.544. The van der Waals surface area contributed by atoms with Gasteiger partial charge in [0.2, 0.25) is 5.95 Å². The summed E-state index contributed by atoms with van der Waals surface area (Å²) in [7, 11) is 3.89. The van der Waals surface area contributed by atoms with Crippen molar-refractivity contribution in [2.45, 2.75) is 13.0 Å². The number of fused-ring (bicyclic) bond motifs is 1. The molecule has 0 amide bonds. The van der Waals surface area contributed by atoms with Crippen molar-refractivity contribution in [3.05, 3.63) is 41.3 Å². The van der Waals surface area contributed by atoms with Crippen LogP contribution < -0.4 is 16.8 Å². The van der Waals surface area contributed by atoms with Crippen molar-refractivity contribution in [1.82, 2.24) is 29.3 Å². The van der Waals surface area contributed by atoms with Crippen LogP contribution in [-0.4, -0.2) is 29.3 Å². The summed E-state index contributed by atoms with van der Waals surface area (Å²) in [4.78, 5) is 12.9. The fourth-order valence-electron chi connectivity index (χ4n) is 3.22. The van der Waals surface area contributed by atoms with Crippen LogP contribution in [0.1, 0.15) is 18.7 Å². The molecule has 4 rings (SSSR count). The van der Waals surface area contributed by atoms with Gasteiger partial charge in [0.25, 0.3) is 0 Å². The van der Waals surface area contributed by atoms with Gasteiger partial charge in [-0.05, 0) is 25.1 Å². The fraction of sp³-hybridized carbons (Fsp3) is 0.222. The molecule has 0 saturated carbocycles. The van der Waals surface area contributed by atoms with Crippen molar-refractivity contribution in [1.29, 1.82) is 0 Å². The summed E-state index contributed by atoms with van der Waals surface area (Å²) in [6, 6.07) is 5.81. The number of hydrogen-bond donors (Lipinski definition) is 3. The third kappa shape index (κ3) is 2.99. The molecule has 1 atom stereocenters. The summed E-state index contributed by atoms with van der Waals surface area (Å²) >= 11 is 6.25. The van der Waals surface area contributed by atoms with E-state index in [4.69, 9.17) is 28.1 Å². The average molecular weight is 398 g/mol. The minimum atomic E-state index is -0.235. The number of hydrogen-bond acceptors (Lipinski definition) is 7. The maximum absolute atomic E-state index is 6.25. The molecule has 144 valence electrons. The Morgan fingerprint density at radius 3 is 2.64 bits per heavy atom. The van der Waals surface area contributed by atoms with Gasteiger partial charge in [0.05, 0.1) is 28.5 Å². The minimum Gasteiger partial charge on any atom is -0.382 e. The number of nitrogens with one attached hydrogen (secondary N) is 1. The van der Waals surface area contributed by atoms with Crippen molar-refractivity contribution >= 4 is 40.2 Å². The van der Waals surface area contributed by atoms with E-state index in [0.29, 0.717) is 5.82 Å². The molecule has 0 radical (unpaired) electrons. The number of halogens is 1. The summed E-state index contributed by atoms with van der Waals surface area (Å²) in [6.45, 7) is 1.97. The first-order valence-electron chi connectivity index (χ1n) is 8.64. The highest BCUT2D eigenvalue weighted by molar-refractivity contribution is 6.35. The Hall–Kier alpha value is -3.33. The van der Waals surface area contributed by atoms with Crippen molar-refractivity contribution in [3.63, 3.8) is 0 Å². The molecule has 0 spiro atoms. The topological polar surface area (TPSA) is 125 Å². The summed E-state index contributed by atoms with van der Waals surface area (Å²) in [6.07, 6.45) is 3.74. The number of nitrogens with two attached hydrogens (primary N) is 2. The molecule has 0 aliphatic rings. The van der Waals surface area contributed by atoms with E-state index < -0.39 is 0 Å². The smallest absolute Gasteiger partial charge is 0.224 e. The molecular formula is C18H20ClN9. The highest BCUT2D eigenvalue weighted by atomic mass is 35.5. The summed E-state index contributed by atoms with van der Waals surface area (Å²) < 4.78 is 3.85. The predicted molar refractivity (Wildman–Crippen MR) is 111 cm³/mol. The van der Waals surface area contributed by atoms with E-state index in [-0.39, 0.29) is 22.8 Å². The molecule has 0 aliphatic carbocycles. The number of rotatable bonds is 4. The van der Waals surface area contributed by atoms with Crippen LogP contribution in [0.3, 0.4) is 0 Å². The normalized spacial score (nSPS) is 12.4. The fourth-order valence-corrected chi connectivity index (χ4v) is 3.36. The number of nitrogen functional groups attached to an aromatic ring is 2. The van der Waals surface area contributed by atoms with Crippen molar-refractivity contribution in [2.24, 2.45) is 14.1 Å². The molecular weight excluding hydrogens is 378 g/mol. The lowest BCUT2D eigenvalue weighted by Gasteiger charge is -2.19. The first-order valence-corrected chi connectivity index (χ1v) is 9.02. The van der Waals surface area contributed by atoms with Crippen LogP contribution in [0, 0.1) is 0 Å². The molecule has 9 nitrogen and oxygen atoms in total. The van der Waals surface area contributed by atoms with Gasteiger partial charge in [0.1, 0.15) is 10.8 Å². The maximum Gasteiger partial charge on any atom is 0.224 e. The number of anilines is 3. The largest absolute Gasteiger partial charge is 0.382 e. The molecule has 1 unspecified atom stereocenters. The van der Waals surface area contributed by atoms with E-state index in [9.17, 15) is 0 Å². The first-order chi connectivity index (χ1) is 13.3. The van der Waals surface area contributed by atoms with Crippen LogP contribution >= 0.6 is 11.6 Å². The van der Waals surface area contributed by atoms with E-state index in [1.165, 1.54) is 0 Å². The van der Waals surface area contributed by atoms with Gasteiger partial charge in [-0.2, -0.15) is 15.1 Å². The van der Waals surface area contributed by atoms with Gasteiger partial charge >= 0.3 is 0 Å². The summed E-state index contributed by atoms with van der Waals surface area (Å²) in [5, 5.41) is 7.78. The third-order valence-corrected chi connectivity index (χ3v) is 5.02. The molecule has 0 aromatic carbocycles. The van der Waals surface area contributed by atoms with E-state index in [2.05, 4.69) is 26.4 Å². The molecule has 4 aromatic heterocycles. The van der Waals surface area contributed by atoms with Crippen LogP contribution in [0.25, 0.3) is 22.3 Å². The minimum absolute atomic E-state index is 0.0509. The van der Waals surface area contributed by atoms with Gasteiger partial charge in [-0.15, -0.1) is 0 Å². The standard InChI is InChI=1S/C18H20ClN9/c1-9(23-17-14(19)16(20)25-18(21)26-17)15-10(12-4-6-22-28(12)3)8-13-11(24-15)5-7-27(13)2/h4-9H,1-3H3,(H5,20,21,23,25,26). The Bertz CT molecular complexity index is 1180. The number of nitrogens with zero attached hydrogens (tertiary/aromatic N) is 6. The van der Waals surface area contributed by atoms with Gasteiger partial charge in [-0.25, -0.2) is 4.98 Å². The Balaban J connectivity index is 1.84. The van der Waals surface area contributed by atoms with E-state index >= 15 is 0 Å².